The van der Waals surface area contributed by atoms with Crippen LogP contribution in [0.2, 0.25) is 36.3 Å². The summed E-state index contributed by atoms with van der Waals surface area (Å²) in [5.41, 5.74) is 3.24. The molecule has 14 heteroatoms. The first-order valence-corrected chi connectivity index (χ1v) is 37.0. The van der Waals surface area contributed by atoms with Gasteiger partial charge in [0.05, 0.1) is 76.4 Å². The van der Waals surface area contributed by atoms with E-state index >= 15 is 0 Å². The number of carbonyl (C=O) groups excluding carboxylic acids is 2. The molecule has 2 aromatic carbocycles. The zero-order valence-corrected chi connectivity index (χ0v) is 56.7. The van der Waals surface area contributed by atoms with Crippen molar-refractivity contribution in [3.63, 3.8) is 0 Å². The smallest absolute Gasteiger partial charge is 0.225 e. The highest BCUT2D eigenvalue weighted by molar-refractivity contribution is 6.74. The molecular formula is C68H114N2O10Si2. The number of methoxy groups -OCH3 is 2. The number of hydrogen-bond acceptors (Lipinski definition) is 10. The summed E-state index contributed by atoms with van der Waals surface area (Å²) in [6.45, 7) is 39.3. The molecule has 2 N–H and O–H groups in total. The van der Waals surface area contributed by atoms with Crippen molar-refractivity contribution in [2.75, 3.05) is 27.3 Å². The normalized spacial score (nSPS) is 22.1. The predicted octanol–water partition coefficient (Wildman–Crippen LogP) is 16.0. The third kappa shape index (κ3) is 23.3. The van der Waals surface area contributed by atoms with E-state index in [2.05, 4.69) is 143 Å². The number of carbonyl (C=O) groups is 2. The lowest BCUT2D eigenvalue weighted by Crippen LogP contribution is -2.50. The second-order valence-corrected chi connectivity index (χ2v) is 36.7. The summed E-state index contributed by atoms with van der Waals surface area (Å²) < 4.78 is 51.2. The molecule has 2 aliphatic heterocycles. The number of hydrogen-bond donors (Lipinski definition) is 2. The highest BCUT2D eigenvalue weighted by Gasteiger charge is 2.45. The Morgan fingerprint density at radius 2 is 1.33 bits per heavy atom. The first-order valence-electron chi connectivity index (χ1n) is 31.2. The summed E-state index contributed by atoms with van der Waals surface area (Å²) >= 11 is 0. The van der Waals surface area contributed by atoms with Gasteiger partial charge >= 0.3 is 0 Å². The molecule has 464 valence electrons. The fourth-order valence-corrected chi connectivity index (χ4v) is 13.1. The van der Waals surface area contributed by atoms with E-state index in [1.165, 1.54) is 5.57 Å². The van der Waals surface area contributed by atoms with Crippen molar-refractivity contribution in [2.45, 2.75) is 259 Å². The minimum Gasteiger partial charge on any atom is -0.497 e. The molecular weight excluding hydrogens is 1060 g/mol. The van der Waals surface area contributed by atoms with Crippen molar-refractivity contribution in [3.8, 4) is 11.5 Å². The van der Waals surface area contributed by atoms with Gasteiger partial charge in [-0.15, -0.1) is 0 Å². The van der Waals surface area contributed by atoms with Crippen LogP contribution >= 0.6 is 0 Å². The standard InChI is InChI=1S/C68H114N2O10Si2/c1-20-25-60(80-82(18,19)67(11,12)13)27-22-21-26-50(3)62(75-47-55-31-36-57(73-14)37-32-55)45-64(71)70-46-63(76-48-56-33-38-58(74-15)39-34-56)53(6)65(72)69-43-24-29-61-51(4)40-42-68(78-61)41-23-28-59(77-68)35-30-49(2)44-52(5)54(7)79-81(16,17)66(8,9)10/h20-22,25,31-34,36-39,44,49-51,53-54,59-63H,23-24,26-30,35,40-43,45-48H2,1-19H3,(H,69,72)(H,70,71)/b22-21+,25-20+,52-44+/t49-,50-,51?,53-,54-,59?,60-,61?,62-,63-,68?/m0/s1. The maximum Gasteiger partial charge on any atom is 0.225 e. The lowest BCUT2D eigenvalue weighted by atomic mass is 9.85. The van der Waals surface area contributed by atoms with E-state index in [0.717, 1.165) is 93.3 Å². The zero-order chi connectivity index (χ0) is 60.9. The Kier molecular flexibility index (Phi) is 28.8. The second kappa shape index (κ2) is 33.3. The summed E-state index contributed by atoms with van der Waals surface area (Å²) in [4.78, 5) is 28.1. The van der Waals surface area contributed by atoms with E-state index in [1.807, 2.05) is 62.4 Å². The quantitative estimate of drug-likeness (QED) is 0.0404. The molecule has 0 aliphatic carbocycles. The van der Waals surface area contributed by atoms with Crippen molar-refractivity contribution < 1.29 is 46.9 Å². The van der Waals surface area contributed by atoms with E-state index < -0.39 is 34.4 Å². The molecule has 11 atom stereocenters. The van der Waals surface area contributed by atoms with Crippen LogP contribution in [0.4, 0.5) is 0 Å². The van der Waals surface area contributed by atoms with Gasteiger partial charge < -0.3 is 47.9 Å². The topological polar surface area (TPSA) is 132 Å². The van der Waals surface area contributed by atoms with E-state index in [9.17, 15) is 9.59 Å². The molecule has 2 aliphatic rings. The van der Waals surface area contributed by atoms with Crippen LogP contribution in [-0.4, -0.2) is 98.2 Å². The van der Waals surface area contributed by atoms with Crippen molar-refractivity contribution in [2.24, 2.45) is 23.7 Å². The number of ether oxygens (including phenoxy) is 6. The fourth-order valence-electron chi connectivity index (χ4n) is 10.3. The maximum atomic E-state index is 14.0. The summed E-state index contributed by atoms with van der Waals surface area (Å²) in [5, 5.41) is 6.65. The van der Waals surface area contributed by atoms with Crippen LogP contribution in [0, 0.1) is 23.7 Å². The first kappa shape index (κ1) is 70.9. The van der Waals surface area contributed by atoms with Crippen LogP contribution in [0.1, 0.15) is 178 Å². The van der Waals surface area contributed by atoms with Gasteiger partial charge in [-0.25, -0.2) is 0 Å². The molecule has 0 aromatic heterocycles. The van der Waals surface area contributed by atoms with Gasteiger partial charge in [-0.3, -0.25) is 9.59 Å². The van der Waals surface area contributed by atoms with Crippen LogP contribution < -0.4 is 20.1 Å². The highest BCUT2D eigenvalue weighted by Crippen LogP contribution is 2.44. The second-order valence-electron chi connectivity index (χ2n) is 27.2. The van der Waals surface area contributed by atoms with Gasteiger partial charge in [0.1, 0.15) is 11.5 Å². The van der Waals surface area contributed by atoms with E-state index in [4.69, 9.17) is 37.3 Å². The van der Waals surface area contributed by atoms with Gasteiger partial charge in [-0.1, -0.05) is 124 Å². The Morgan fingerprint density at radius 1 is 0.756 bits per heavy atom. The lowest BCUT2D eigenvalue weighted by molar-refractivity contribution is -0.324. The Balaban J connectivity index is 1.36. The molecule has 4 rings (SSSR count). The SMILES string of the molecule is C/C=C/[C@@H](C/C=C/C[C@H](C)[C@H](CC(=O)NC[C@H](OCc1ccc(OC)cc1)[C@H](C)C(=O)NCCCC1OC2(CCCC(CC[C@H](C)/C=C(\C)[C@H](C)O[Si](C)(C)C(C)(C)C)O2)CCC1C)OCc1ccc(OC)cc1)O[Si](C)(C)C(C)(C)C. The van der Waals surface area contributed by atoms with Crippen LogP contribution in [-0.2, 0) is 50.6 Å². The molecule has 2 amide bonds. The summed E-state index contributed by atoms with van der Waals surface area (Å²) in [5.74, 6) is 0.990. The van der Waals surface area contributed by atoms with Crippen LogP contribution in [0.5, 0.6) is 11.5 Å². The van der Waals surface area contributed by atoms with Gasteiger partial charge in [0.2, 0.25) is 11.8 Å². The Bertz CT molecular complexity index is 2290. The van der Waals surface area contributed by atoms with Gasteiger partial charge in [-0.05, 0) is 174 Å². The largest absolute Gasteiger partial charge is 0.497 e. The number of allylic oxidation sites excluding steroid dienone is 3. The predicted molar refractivity (Wildman–Crippen MR) is 341 cm³/mol. The van der Waals surface area contributed by atoms with Crippen molar-refractivity contribution in [1.29, 1.82) is 0 Å². The van der Waals surface area contributed by atoms with Gasteiger partial charge in [0, 0.05) is 25.9 Å². The van der Waals surface area contributed by atoms with E-state index in [1.54, 1.807) is 14.2 Å². The van der Waals surface area contributed by atoms with Crippen molar-refractivity contribution in [3.05, 3.63) is 95.6 Å². The molecule has 4 unspecified atom stereocenters. The number of rotatable bonds is 33. The molecule has 2 heterocycles. The maximum absolute atomic E-state index is 14.0. The molecule has 2 aromatic rings. The van der Waals surface area contributed by atoms with Gasteiger partial charge in [0.25, 0.3) is 0 Å². The summed E-state index contributed by atoms with van der Waals surface area (Å²) in [6, 6.07) is 15.5. The molecule has 0 radical (unpaired) electrons. The monoisotopic (exact) mass is 1170 g/mol. The molecule has 12 nitrogen and oxygen atoms in total. The average Bonchev–Trinajstić information content (AvgIpc) is 3.48. The minimum absolute atomic E-state index is 0.000418. The highest BCUT2D eigenvalue weighted by atomic mass is 28.4. The molecule has 0 bridgehead atoms. The number of benzene rings is 2. The van der Waals surface area contributed by atoms with Gasteiger partial charge in [0.15, 0.2) is 22.4 Å². The Hall–Kier alpha value is -3.61. The average molecular weight is 1180 g/mol. The molecule has 2 saturated heterocycles. The third-order valence-corrected chi connectivity index (χ3v) is 27.3. The van der Waals surface area contributed by atoms with E-state index in [0.29, 0.717) is 25.0 Å². The van der Waals surface area contributed by atoms with E-state index in [-0.39, 0.29) is 77.9 Å². The Labute approximate surface area is 500 Å². The van der Waals surface area contributed by atoms with Crippen LogP contribution in [0.15, 0.2) is 84.5 Å². The van der Waals surface area contributed by atoms with Crippen LogP contribution in [0.25, 0.3) is 0 Å². The fraction of sp³-hybridized carbons (Fsp3) is 0.706. The van der Waals surface area contributed by atoms with Crippen molar-refractivity contribution in [1.82, 2.24) is 10.6 Å². The third-order valence-electron chi connectivity index (χ3n) is 18.3. The lowest BCUT2D eigenvalue weighted by Gasteiger charge is -2.48. The molecule has 0 saturated carbocycles. The minimum atomic E-state index is -1.97. The summed E-state index contributed by atoms with van der Waals surface area (Å²) in [7, 11) is -0.538. The number of amides is 2. The van der Waals surface area contributed by atoms with Crippen LogP contribution in [0.3, 0.4) is 0 Å². The molecule has 1 spiro atoms. The first-order chi connectivity index (χ1) is 38.5. The van der Waals surface area contributed by atoms with Crippen molar-refractivity contribution >= 4 is 28.4 Å². The summed E-state index contributed by atoms with van der Waals surface area (Å²) in [6.07, 6.45) is 20.7. The number of nitrogens with one attached hydrogen (secondary N) is 2. The zero-order valence-electron chi connectivity index (χ0n) is 54.7. The molecule has 82 heavy (non-hydrogen) atoms. The molecule has 2 fully saturated rings. The Morgan fingerprint density at radius 3 is 1.90 bits per heavy atom. The van der Waals surface area contributed by atoms with Gasteiger partial charge in [-0.2, -0.15) is 0 Å².